The minimum atomic E-state index is -1.62. The molecule has 1 aliphatic carbocycles. The first-order valence-corrected chi connectivity index (χ1v) is 10.7. The van der Waals surface area contributed by atoms with Gasteiger partial charge in [0.1, 0.15) is 48.8 Å². The largest absolute Gasteiger partial charge is 0.389 e. The number of hydrogen-bond acceptors (Lipinski definition) is 14. The van der Waals surface area contributed by atoms with E-state index in [4.69, 9.17) is 36.1 Å². The summed E-state index contributed by atoms with van der Waals surface area (Å²) in [5.74, 6) is 0. The van der Waals surface area contributed by atoms with Crippen LogP contribution >= 0.6 is 49.6 Å². The van der Waals surface area contributed by atoms with Gasteiger partial charge in [0.2, 0.25) is 0 Å². The Hall–Kier alpha value is 0.600. The number of ether oxygens (including phenoxy) is 4. The van der Waals surface area contributed by atoms with Crippen molar-refractivity contribution in [1.29, 1.82) is 0 Å². The molecule has 14 atom stereocenters. The van der Waals surface area contributed by atoms with Gasteiger partial charge in [-0.05, 0) is 13.5 Å². The Morgan fingerprint density at radius 2 is 1.31 bits per heavy atom. The smallest absolute Gasteiger partial charge is 0.187 e. The first-order chi connectivity index (χ1) is 15.1. The summed E-state index contributed by atoms with van der Waals surface area (Å²) in [7, 11) is 1.57. The lowest BCUT2D eigenvalue weighted by molar-refractivity contribution is -0.327. The van der Waals surface area contributed by atoms with Crippen LogP contribution in [0.2, 0.25) is 0 Å². The molecule has 220 valence electrons. The van der Waals surface area contributed by atoms with Crippen molar-refractivity contribution in [3.63, 3.8) is 0 Å². The van der Waals surface area contributed by atoms with Crippen LogP contribution in [0.5, 0.6) is 0 Å². The zero-order valence-electron chi connectivity index (χ0n) is 19.4. The molecule has 0 aromatic heterocycles. The monoisotopic (exact) mass is 612 g/mol. The number of halogens is 4. The average Bonchev–Trinajstić information content (AvgIpc) is 2.75. The van der Waals surface area contributed by atoms with Crippen molar-refractivity contribution in [2.24, 2.45) is 17.2 Å². The van der Waals surface area contributed by atoms with Gasteiger partial charge in [0.05, 0.1) is 18.8 Å². The Morgan fingerprint density at radius 1 is 0.778 bits per heavy atom. The molecule has 3 aliphatic rings. The second-order valence-electron chi connectivity index (χ2n) is 8.58. The highest BCUT2D eigenvalue weighted by Gasteiger charge is 2.50. The van der Waals surface area contributed by atoms with Crippen molar-refractivity contribution in [1.82, 2.24) is 5.32 Å². The Morgan fingerprint density at radius 3 is 1.81 bits per heavy atom. The van der Waals surface area contributed by atoms with Gasteiger partial charge >= 0.3 is 0 Å². The third-order valence-electron chi connectivity index (χ3n) is 6.37. The number of aliphatic hydroxyl groups is 6. The summed E-state index contributed by atoms with van der Waals surface area (Å²) in [5.41, 5.74) is 17.8. The summed E-state index contributed by atoms with van der Waals surface area (Å²) >= 11 is 0. The van der Waals surface area contributed by atoms with Crippen LogP contribution in [0, 0.1) is 0 Å². The number of hydrogen-bond donors (Lipinski definition) is 10. The third kappa shape index (κ3) is 8.06. The Labute approximate surface area is 233 Å². The van der Waals surface area contributed by atoms with Crippen molar-refractivity contribution in [2.45, 2.75) is 92.1 Å². The Balaban J connectivity index is 0. The van der Waals surface area contributed by atoms with Gasteiger partial charge in [0.15, 0.2) is 12.6 Å². The highest BCUT2D eigenvalue weighted by atomic mass is 35.5. The zero-order chi connectivity index (χ0) is 23.7. The lowest BCUT2D eigenvalue weighted by Gasteiger charge is -2.47. The molecule has 0 radical (unpaired) electrons. The van der Waals surface area contributed by atoms with Gasteiger partial charge in [-0.3, -0.25) is 0 Å². The standard InChI is InChI=1S/C18H36N4O10.4ClH/c1-22-9-7(23)4-29-17(11(9)25)31-15-5(20)2-6(21)16(14(15)28)32-18-13(27)12(26)10(24)8(3-19)30-18;;;;/h5-18,22-28H,2-4,19-21H2,1H3;4*1H/t5-,6+,7+,8-,9+,10-,11-,12+,13-,14-,15+,16-,17-,18-;;;;/m1..../s1. The zero-order valence-corrected chi connectivity index (χ0v) is 22.7. The molecule has 3 fully saturated rings. The molecule has 0 aromatic rings. The van der Waals surface area contributed by atoms with Crippen molar-refractivity contribution in [2.75, 3.05) is 20.2 Å². The maximum absolute atomic E-state index is 10.9. The highest BCUT2D eigenvalue weighted by molar-refractivity contribution is 5.86. The molecule has 18 heteroatoms. The van der Waals surface area contributed by atoms with Crippen LogP contribution in [0.4, 0.5) is 0 Å². The van der Waals surface area contributed by atoms with E-state index in [0.29, 0.717) is 0 Å². The molecule has 0 spiro atoms. The predicted molar refractivity (Wildman–Crippen MR) is 136 cm³/mol. The van der Waals surface area contributed by atoms with Crippen molar-refractivity contribution in [3.05, 3.63) is 0 Å². The highest BCUT2D eigenvalue weighted by Crippen LogP contribution is 2.30. The summed E-state index contributed by atoms with van der Waals surface area (Å²) in [5, 5.41) is 64.4. The molecule has 0 amide bonds. The SMILES string of the molecule is CN[C@@H]1[C@@H](O)[C@@H](O[C@@H]2[C@@H](O)[C@H](O[C@H]3O[C@H](CN)[C@@H](O)[C@H](O)[C@H]3O)[C@@H](N)C[C@H]2N)OC[C@@H]1O.Cl.Cl.Cl.Cl. The summed E-state index contributed by atoms with van der Waals surface area (Å²) in [6, 6.07) is -2.23. The topological polar surface area (TPSA) is 248 Å². The van der Waals surface area contributed by atoms with E-state index in [1.54, 1.807) is 7.05 Å². The minimum Gasteiger partial charge on any atom is -0.389 e. The molecular formula is C18H40Cl4N4O10. The van der Waals surface area contributed by atoms with E-state index < -0.39 is 85.6 Å². The predicted octanol–water partition coefficient (Wildman–Crippen LogP) is -4.70. The van der Waals surface area contributed by atoms with Gasteiger partial charge in [-0.25, -0.2) is 0 Å². The number of likely N-dealkylation sites (N-methyl/N-ethyl adjacent to an activating group) is 1. The van der Waals surface area contributed by atoms with E-state index in [9.17, 15) is 30.6 Å². The first kappa shape index (κ1) is 38.7. The van der Waals surface area contributed by atoms with E-state index in [-0.39, 0.29) is 69.2 Å². The van der Waals surface area contributed by atoms with Crippen LogP contribution in [0.25, 0.3) is 0 Å². The van der Waals surface area contributed by atoms with Crippen molar-refractivity contribution in [3.8, 4) is 0 Å². The fraction of sp³-hybridized carbons (Fsp3) is 1.00. The second-order valence-corrected chi connectivity index (χ2v) is 8.58. The fourth-order valence-corrected chi connectivity index (χ4v) is 4.45. The van der Waals surface area contributed by atoms with Crippen LogP contribution in [-0.4, -0.2) is 136 Å². The van der Waals surface area contributed by atoms with E-state index in [1.165, 1.54) is 0 Å². The normalized spacial score (nSPS) is 46.8. The van der Waals surface area contributed by atoms with Crippen molar-refractivity contribution >= 4 is 49.6 Å². The molecule has 36 heavy (non-hydrogen) atoms. The molecule has 0 unspecified atom stereocenters. The quantitative estimate of drug-likeness (QED) is 0.135. The Bertz CT molecular complexity index is 624. The number of aliphatic hydroxyl groups excluding tert-OH is 6. The van der Waals surface area contributed by atoms with Gasteiger partial charge in [-0.1, -0.05) is 0 Å². The fourth-order valence-electron chi connectivity index (χ4n) is 4.45. The van der Waals surface area contributed by atoms with Crippen LogP contribution in [-0.2, 0) is 18.9 Å². The van der Waals surface area contributed by atoms with Gasteiger partial charge in [-0.2, -0.15) is 0 Å². The number of nitrogens with two attached hydrogens (primary N) is 3. The number of rotatable bonds is 6. The van der Waals surface area contributed by atoms with Crippen molar-refractivity contribution < 1.29 is 49.6 Å². The van der Waals surface area contributed by atoms with E-state index in [1.807, 2.05) is 0 Å². The molecule has 2 saturated heterocycles. The number of nitrogens with one attached hydrogen (secondary N) is 1. The van der Waals surface area contributed by atoms with Crippen LogP contribution in [0.1, 0.15) is 6.42 Å². The van der Waals surface area contributed by atoms with Gasteiger partial charge < -0.3 is 72.1 Å². The maximum atomic E-state index is 10.9. The summed E-state index contributed by atoms with van der Waals surface area (Å²) < 4.78 is 22.3. The molecule has 2 aliphatic heterocycles. The third-order valence-corrected chi connectivity index (χ3v) is 6.37. The van der Waals surface area contributed by atoms with Crippen LogP contribution in [0.15, 0.2) is 0 Å². The summed E-state index contributed by atoms with van der Waals surface area (Å²) in [4.78, 5) is 0. The van der Waals surface area contributed by atoms with E-state index >= 15 is 0 Å². The molecule has 14 nitrogen and oxygen atoms in total. The summed E-state index contributed by atoms with van der Waals surface area (Å²) in [6.07, 6.45) is -13.9. The second kappa shape index (κ2) is 16.6. The average molecular weight is 614 g/mol. The molecule has 1 saturated carbocycles. The lowest BCUT2D eigenvalue weighted by atomic mass is 9.84. The summed E-state index contributed by atoms with van der Waals surface area (Å²) in [6.45, 7) is -0.246. The molecule has 13 N–H and O–H groups in total. The molecule has 0 bridgehead atoms. The molecule has 3 rings (SSSR count). The molecule has 2 heterocycles. The first-order valence-electron chi connectivity index (χ1n) is 10.7. The Kier molecular flexibility index (Phi) is 17.9. The van der Waals surface area contributed by atoms with Gasteiger partial charge in [0.25, 0.3) is 0 Å². The lowest BCUT2D eigenvalue weighted by Crippen LogP contribution is -2.67. The molecular weight excluding hydrogens is 574 g/mol. The van der Waals surface area contributed by atoms with E-state index in [0.717, 1.165) is 0 Å². The van der Waals surface area contributed by atoms with Crippen LogP contribution in [0.3, 0.4) is 0 Å². The van der Waals surface area contributed by atoms with E-state index in [2.05, 4.69) is 5.32 Å². The van der Waals surface area contributed by atoms with Gasteiger partial charge in [0, 0.05) is 18.6 Å². The minimum absolute atomic E-state index is 0. The molecule has 0 aromatic carbocycles. The van der Waals surface area contributed by atoms with Gasteiger partial charge in [-0.15, -0.1) is 49.6 Å². The van der Waals surface area contributed by atoms with Crippen LogP contribution < -0.4 is 22.5 Å². The maximum Gasteiger partial charge on any atom is 0.187 e.